The van der Waals surface area contributed by atoms with Crippen LogP contribution < -0.4 is 0 Å². The van der Waals surface area contributed by atoms with Gasteiger partial charge >= 0.3 is 0 Å². The topological polar surface area (TPSA) is 0 Å². The molecule has 0 amide bonds. The normalized spacial score (nSPS) is 7.80. The van der Waals surface area contributed by atoms with E-state index in [-0.39, 0.29) is 32.7 Å². The van der Waals surface area contributed by atoms with E-state index in [1.807, 2.05) is 20.3 Å². The average Bonchev–Trinajstić information content (AvgIpc) is 1.67. The van der Waals surface area contributed by atoms with Crippen LogP contribution in [-0.4, -0.2) is 0 Å². The predicted octanol–water partition coefficient (Wildman–Crippen LogP) is 3.48. The summed E-state index contributed by atoms with van der Waals surface area (Å²) in [5.74, 6) is 0.836. The quantitative estimate of drug-likeness (QED) is 0.621. The summed E-state index contributed by atoms with van der Waals surface area (Å²) in [4.78, 5) is 0. The van der Waals surface area contributed by atoms with Crippen molar-refractivity contribution in [1.82, 2.24) is 0 Å². The minimum absolute atomic E-state index is 0. The van der Waals surface area contributed by atoms with Crippen molar-refractivity contribution in [3.05, 3.63) is 13.3 Å². The Morgan fingerprint density at radius 1 is 1.30 bits per heavy atom. The molecule has 10 heavy (non-hydrogen) atoms. The van der Waals surface area contributed by atoms with E-state index in [2.05, 4.69) is 20.8 Å². The van der Waals surface area contributed by atoms with Gasteiger partial charge in [0.1, 0.15) is 0 Å². The SMILES string of the molecule is C[CH-]C.[CH2-]CCC(C)C.[Y]. The molecule has 0 atom stereocenters. The summed E-state index contributed by atoms with van der Waals surface area (Å²) in [5, 5.41) is 0. The molecule has 0 saturated heterocycles. The Morgan fingerprint density at radius 3 is 1.60 bits per heavy atom. The molecule has 0 saturated carbocycles. The fourth-order valence-electron chi connectivity index (χ4n) is 0.408. The van der Waals surface area contributed by atoms with Gasteiger partial charge in [0.2, 0.25) is 0 Å². The van der Waals surface area contributed by atoms with Crippen LogP contribution in [0.3, 0.4) is 0 Å². The van der Waals surface area contributed by atoms with Gasteiger partial charge in [0.25, 0.3) is 0 Å². The van der Waals surface area contributed by atoms with Crippen molar-refractivity contribution in [2.75, 3.05) is 0 Å². The zero-order valence-corrected chi connectivity index (χ0v) is 10.7. The van der Waals surface area contributed by atoms with E-state index in [4.69, 9.17) is 0 Å². The molecule has 0 heterocycles. The number of hydrogen-bond acceptors (Lipinski definition) is 0. The second kappa shape index (κ2) is 16.6. The third-order valence-corrected chi connectivity index (χ3v) is 0.781. The van der Waals surface area contributed by atoms with Gasteiger partial charge in [0.15, 0.2) is 0 Å². The van der Waals surface area contributed by atoms with E-state index < -0.39 is 0 Å². The van der Waals surface area contributed by atoms with Gasteiger partial charge in [-0.05, 0) is 5.92 Å². The molecule has 0 aliphatic rings. The van der Waals surface area contributed by atoms with Crippen molar-refractivity contribution < 1.29 is 32.7 Å². The van der Waals surface area contributed by atoms with Gasteiger partial charge < -0.3 is 13.3 Å². The van der Waals surface area contributed by atoms with Gasteiger partial charge in [-0.25, -0.2) is 0 Å². The molecule has 1 radical (unpaired) electrons. The summed E-state index contributed by atoms with van der Waals surface area (Å²) in [6.07, 6.45) is 4.34. The van der Waals surface area contributed by atoms with Gasteiger partial charge in [-0.3, -0.25) is 0 Å². The van der Waals surface area contributed by atoms with Crippen molar-refractivity contribution in [3.8, 4) is 0 Å². The maximum Gasteiger partial charge on any atom is 0 e. The average molecular weight is 217 g/mol. The fourth-order valence-corrected chi connectivity index (χ4v) is 0.408. The third kappa shape index (κ3) is 35.5. The van der Waals surface area contributed by atoms with E-state index in [1.165, 1.54) is 6.42 Å². The van der Waals surface area contributed by atoms with Gasteiger partial charge in [-0.15, -0.1) is 0 Å². The van der Waals surface area contributed by atoms with Crippen LogP contribution in [-0.2, 0) is 32.7 Å². The molecule has 0 aliphatic carbocycles. The van der Waals surface area contributed by atoms with E-state index in [0.717, 1.165) is 12.3 Å². The summed E-state index contributed by atoms with van der Waals surface area (Å²) in [5.41, 5.74) is 0. The Balaban J connectivity index is -0.000000107. The number of rotatable bonds is 2. The molecule has 1 heteroatoms. The molecule has 0 aliphatic heterocycles. The molecular weight excluding hydrogens is 197 g/mol. The summed E-state index contributed by atoms with van der Waals surface area (Å²) in [7, 11) is 0. The van der Waals surface area contributed by atoms with E-state index >= 15 is 0 Å². The Labute approximate surface area is 92.0 Å². The zero-order valence-electron chi connectivity index (χ0n) is 7.85. The molecule has 0 spiro atoms. The summed E-state index contributed by atoms with van der Waals surface area (Å²) in [6.45, 7) is 12.2. The summed E-state index contributed by atoms with van der Waals surface area (Å²) >= 11 is 0. The Hall–Kier alpha value is 1.10. The molecule has 0 N–H and O–H groups in total. The smallest absolute Gasteiger partial charge is 0 e. The summed E-state index contributed by atoms with van der Waals surface area (Å²) < 4.78 is 0. The first-order valence-corrected chi connectivity index (χ1v) is 3.72. The maximum atomic E-state index is 3.73. The van der Waals surface area contributed by atoms with Gasteiger partial charge in [0.05, 0.1) is 0 Å². The Morgan fingerprint density at radius 2 is 1.60 bits per heavy atom. The minimum Gasteiger partial charge on any atom is -0.343 e. The van der Waals surface area contributed by atoms with Crippen LogP contribution >= 0.6 is 0 Å². The summed E-state index contributed by atoms with van der Waals surface area (Å²) in [6, 6.07) is 0. The van der Waals surface area contributed by atoms with Crippen LogP contribution in [0.2, 0.25) is 0 Å². The monoisotopic (exact) mass is 217 g/mol. The molecule has 0 bridgehead atoms. The standard InChI is InChI=1S/C6H13.C3H7.Y/c1-4-5-6(2)3;1-3-2;/h6H,1,4-5H2,2-3H3;3H,1-2H3;/q2*-1;. The Kier molecular flexibility index (Phi) is 28.6. The molecule has 0 fully saturated rings. The van der Waals surface area contributed by atoms with Crippen molar-refractivity contribution in [1.29, 1.82) is 0 Å². The third-order valence-electron chi connectivity index (χ3n) is 0.781. The van der Waals surface area contributed by atoms with Crippen LogP contribution in [0.25, 0.3) is 0 Å². The second-order valence-electron chi connectivity index (χ2n) is 2.61. The molecule has 0 nitrogen and oxygen atoms in total. The molecular formula is C9H20Y-2. The fraction of sp³-hybridized carbons (Fsp3) is 0.778. The van der Waals surface area contributed by atoms with Gasteiger partial charge in [0, 0.05) is 32.7 Å². The predicted molar refractivity (Wildman–Crippen MR) is 45.1 cm³/mol. The molecule has 0 aromatic rings. The molecule has 0 aromatic carbocycles. The molecule has 0 aromatic heterocycles. The maximum absolute atomic E-state index is 3.73. The van der Waals surface area contributed by atoms with Gasteiger partial charge in [-0.1, -0.05) is 20.3 Å². The molecule has 0 rings (SSSR count). The van der Waals surface area contributed by atoms with E-state index in [9.17, 15) is 0 Å². The first-order chi connectivity index (χ1) is 4.18. The van der Waals surface area contributed by atoms with Crippen molar-refractivity contribution >= 4 is 0 Å². The van der Waals surface area contributed by atoms with Crippen molar-refractivity contribution in [2.24, 2.45) is 5.92 Å². The van der Waals surface area contributed by atoms with Crippen molar-refractivity contribution in [2.45, 2.75) is 40.5 Å². The molecule has 61 valence electrons. The first-order valence-electron chi connectivity index (χ1n) is 3.72. The van der Waals surface area contributed by atoms with E-state index in [1.54, 1.807) is 0 Å². The molecule has 0 unspecified atom stereocenters. The van der Waals surface area contributed by atoms with Crippen LogP contribution in [0, 0.1) is 19.3 Å². The van der Waals surface area contributed by atoms with Crippen LogP contribution in [0.4, 0.5) is 0 Å². The Bertz CT molecular complexity index is 33.7. The van der Waals surface area contributed by atoms with Gasteiger partial charge in [-0.2, -0.15) is 20.3 Å². The first kappa shape index (κ1) is 17.3. The second-order valence-corrected chi connectivity index (χ2v) is 2.61. The number of hydrogen-bond donors (Lipinski definition) is 0. The van der Waals surface area contributed by atoms with Crippen LogP contribution in [0.5, 0.6) is 0 Å². The van der Waals surface area contributed by atoms with E-state index in [0.29, 0.717) is 0 Å². The minimum atomic E-state index is 0. The zero-order chi connectivity index (χ0) is 7.70. The largest absolute Gasteiger partial charge is 0.343 e. The van der Waals surface area contributed by atoms with Crippen molar-refractivity contribution in [3.63, 3.8) is 0 Å². The van der Waals surface area contributed by atoms with Crippen LogP contribution in [0.15, 0.2) is 0 Å². The van der Waals surface area contributed by atoms with Crippen LogP contribution in [0.1, 0.15) is 40.5 Å².